The lowest BCUT2D eigenvalue weighted by molar-refractivity contribution is -0.155. The summed E-state index contributed by atoms with van der Waals surface area (Å²) >= 11 is 0. The molecular weight excluding hydrogens is 352 g/mol. The summed E-state index contributed by atoms with van der Waals surface area (Å²) < 4.78 is 22.5. The molecule has 3 atom stereocenters. The van der Waals surface area contributed by atoms with Crippen molar-refractivity contribution in [3.05, 3.63) is 29.8 Å². The first-order valence-corrected chi connectivity index (χ1v) is 10.7. The van der Waals surface area contributed by atoms with Crippen LogP contribution < -0.4 is 10.5 Å². The minimum absolute atomic E-state index is 0.0345. The van der Waals surface area contributed by atoms with Crippen molar-refractivity contribution >= 4 is 15.9 Å². The second-order valence-corrected chi connectivity index (χ2v) is 9.42. The number of hydrogen-bond donors (Lipinski definition) is 3. The summed E-state index contributed by atoms with van der Waals surface area (Å²) in [7, 11) is -3.70. The molecule has 146 valence electrons. The van der Waals surface area contributed by atoms with Gasteiger partial charge in [-0.05, 0) is 54.7 Å². The maximum absolute atomic E-state index is 12.7. The predicted octanol–water partition coefficient (Wildman–Crippen LogP) is 1.82. The number of rotatable bonds is 6. The average Bonchev–Trinajstić information content (AvgIpc) is 2.54. The fourth-order valence-corrected chi connectivity index (χ4v) is 4.47. The lowest BCUT2D eigenvalue weighted by Crippen LogP contribution is -2.56. The van der Waals surface area contributed by atoms with Gasteiger partial charge in [-0.15, -0.1) is 0 Å². The number of carbonyl (C=O) groups excluding carboxylic acids is 1. The van der Waals surface area contributed by atoms with Gasteiger partial charge in [0.25, 0.3) is 5.91 Å². The highest BCUT2D eigenvalue weighted by molar-refractivity contribution is 7.89. The van der Waals surface area contributed by atoms with Crippen molar-refractivity contribution < 1.29 is 18.3 Å². The molecule has 1 amide bonds. The summed E-state index contributed by atoms with van der Waals surface area (Å²) in [6, 6.07) is 6.27. The Morgan fingerprint density at radius 2 is 1.92 bits per heavy atom. The molecule has 26 heavy (non-hydrogen) atoms. The Bertz CT molecular complexity index is 730. The minimum Gasteiger partial charge on any atom is -0.380 e. The third-order valence-electron chi connectivity index (χ3n) is 5.39. The Balaban J connectivity index is 1.96. The van der Waals surface area contributed by atoms with Gasteiger partial charge in [0.2, 0.25) is 10.0 Å². The zero-order valence-corrected chi connectivity index (χ0v) is 16.6. The van der Waals surface area contributed by atoms with Crippen LogP contribution in [0.4, 0.5) is 0 Å². The van der Waals surface area contributed by atoms with Crippen molar-refractivity contribution in [3.8, 4) is 0 Å². The highest BCUT2D eigenvalue weighted by Gasteiger charge is 2.48. The molecule has 0 aromatic heterocycles. The fourth-order valence-electron chi connectivity index (χ4n) is 3.95. The molecule has 4 N–H and O–H groups in total. The SMILES string of the molecule is CC1CCC(C(C)C)C(O)(C(=O)NCCc2ccc(S(N)(=O)=O)cc2)C1. The number of carbonyl (C=O) groups is 1. The molecule has 1 aromatic carbocycles. The predicted molar refractivity (Wildman–Crippen MR) is 101 cm³/mol. The number of primary sulfonamides is 1. The van der Waals surface area contributed by atoms with Gasteiger partial charge in [0.1, 0.15) is 5.60 Å². The standard InChI is InChI=1S/C19H30N2O4S/c1-13(2)17-9-4-14(3)12-19(17,23)18(22)21-11-10-15-5-7-16(8-6-15)26(20,24)25/h5-8,13-14,17,23H,4,9-12H2,1-3H3,(H,21,22)(H2,20,24,25). The maximum Gasteiger partial charge on any atom is 0.252 e. The van der Waals surface area contributed by atoms with Crippen LogP contribution in [-0.2, 0) is 21.2 Å². The van der Waals surface area contributed by atoms with E-state index < -0.39 is 15.6 Å². The smallest absolute Gasteiger partial charge is 0.252 e. The van der Waals surface area contributed by atoms with Crippen molar-refractivity contribution in [1.29, 1.82) is 0 Å². The molecule has 0 heterocycles. The van der Waals surface area contributed by atoms with E-state index in [0.717, 1.165) is 18.4 Å². The molecule has 0 spiro atoms. The number of sulfonamides is 1. The molecule has 7 heteroatoms. The molecule has 0 radical (unpaired) electrons. The van der Waals surface area contributed by atoms with Crippen LogP contribution >= 0.6 is 0 Å². The monoisotopic (exact) mass is 382 g/mol. The molecule has 1 aliphatic carbocycles. The lowest BCUT2D eigenvalue weighted by Gasteiger charge is -2.43. The second-order valence-electron chi connectivity index (χ2n) is 7.86. The van der Waals surface area contributed by atoms with Crippen LogP contribution in [0.2, 0.25) is 0 Å². The van der Waals surface area contributed by atoms with Crippen molar-refractivity contribution in [2.24, 2.45) is 22.9 Å². The second kappa shape index (κ2) is 8.06. The minimum atomic E-state index is -3.70. The Kier molecular flexibility index (Phi) is 6.47. The Morgan fingerprint density at radius 3 is 2.46 bits per heavy atom. The van der Waals surface area contributed by atoms with Crippen LogP contribution in [0.3, 0.4) is 0 Å². The van der Waals surface area contributed by atoms with E-state index in [9.17, 15) is 18.3 Å². The number of aliphatic hydroxyl groups is 1. The van der Waals surface area contributed by atoms with Gasteiger partial charge in [0.05, 0.1) is 4.90 Å². The number of nitrogens with one attached hydrogen (secondary N) is 1. The Labute approximate surface area is 156 Å². The fraction of sp³-hybridized carbons (Fsp3) is 0.632. The zero-order valence-electron chi connectivity index (χ0n) is 15.7. The quantitative estimate of drug-likeness (QED) is 0.697. The molecule has 0 bridgehead atoms. The normalized spacial score (nSPS) is 26.7. The Morgan fingerprint density at radius 1 is 1.31 bits per heavy atom. The molecule has 1 saturated carbocycles. The third kappa shape index (κ3) is 4.84. The topological polar surface area (TPSA) is 109 Å². The van der Waals surface area contributed by atoms with Crippen molar-refractivity contribution in [1.82, 2.24) is 5.32 Å². The number of nitrogens with two attached hydrogens (primary N) is 1. The summed E-state index contributed by atoms with van der Waals surface area (Å²) in [5.41, 5.74) is -0.425. The summed E-state index contributed by atoms with van der Waals surface area (Å²) in [5, 5.41) is 19.0. The maximum atomic E-state index is 12.7. The highest BCUT2D eigenvalue weighted by atomic mass is 32.2. The van der Waals surface area contributed by atoms with Crippen LogP contribution in [0.1, 0.15) is 45.6 Å². The first kappa shape index (κ1) is 20.9. The summed E-state index contributed by atoms with van der Waals surface area (Å²) in [6.45, 7) is 6.55. The molecule has 0 aliphatic heterocycles. The summed E-state index contributed by atoms with van der Waals surface area (Å²) in [6.07, 6.45) is 2.94. The van der Waals surface area contributed by atoms with E-state index in [1.807, 2.05) is 13.8 Å². The van der Waals surface area contributed by atoms with Crippen LogP contribution in [0.5, 0.6) is 0 Å². The largest absolute Gasteiger partial charge is 0.380 e. The summed E-state index contributed by atoms with van der Waals surface area (Å²) in [5.74, 6) is 0.229. The zero-order chi connectivity index (χ0) is 19.5. The van der Waals surface area contributed by atoms with Crippen LogP contribution in [0.15, 0.2) is 29.2 Å². The molecule has 1 aromatic rings. The van der Waals surface area contributed by atoms with E-state index >= 15 is 0 Å². The highest BCUT2D eigenvalue weighted by Crippen LogP contribution is 2.41. The molecule has 2 rings (SSSR count). The van der Waals surface area contributed by atoms with Gasteiger partial charge in [-0.25, -0.2) is 13.6 Å². The third-order valence-corrected chi connectivity index (χ3v) is 6.32. The van der Waals surface area contributed by atoms with Crippen molar-refractivity contribution in [2.45, 2.75) is 57.0 Å². The summed E-state index contributed by atoms with van der Waals surface area (Å²) in [4.78, 5) is 12.8. The van der Waals surface area contributed by atoms with E-state index in [1.54, 1.807) is 12.1 Å². The van der Waals surface area contributed by atoms with E-state index in [1.165, 1.54) is 12.1 Å². The van der Waals surface area contributed by atoms with Gasteiger partial charge in [-0.3, -0.25) is 4.79 Å². The molecule has 1 aliphatic rings. The van der Waals surface area contributed by atoms with Gasteiger partial charge in [-0.2, -0.15) is 0 Å². The van der Waals surface area contributed by atoms with Crippen LogP contribution in [0, 0.1) is 17.8 Å². The first-order chi connectivity index (χ1) is 12.0. The van der Waals surface area contributed by atoms with Gasteiger partial charge in [0, 0.05) is 6.54 Å². The van der Waals surface area contributed by atoms with Gasteiger partial charge in [0.15, 0.2) is 0 Å². The Hall–Kier alpha value is -1.44. The van der Waals surface area contributed by atoms with Crippen molar-refractivity contribution in [2.75, 3.05) is 6.54 Å². The average molecular weight is 383 g/mol. The van der Waals surface area contributed by atoms with Crippen LogP contribution in [-0.4, -0.2) is 31.6 Å². The van der Waals surface area contributed by atoms with E-state index in [-0.39, 0.29) is 22.6 Å². The van der Waals surface area contributed by atoms with E-state index in [2.05, 4.69) is 12.2 Å². The molecule has 1 fully saturated rings. The molecular formula is C19H30N2O4S. The molecule has 0 saturated heterocycles. The lowest BCUT2D eigenvalue weighted by atomic mass is 9.66. The van der Waals surface area contributed by atoms with Gasteiger partial charge >= 0.3 is 0 Å². The first-order valence-electron chi connectivity index (χ1n) is 9.16. The van der Waals surface area contributed by atoms with Gasteiger partial charge < -0.3 is 10.4 Å². The van der Waals surface area contributed by atoms with E-state index in [0.29, 0.717) is 25.3 Å². The number of amides is 1. The molecule has 3 unspecified atom stereocenters. The van der Waals surface area contributed by atoms with Crippen LogP contribution in [0.25, 0.3) is 0 Å². The number of hydrogen-bond acceptors (Lipinski definition) is 4. The van der Waals surface area contributed by atoms with Gasteiger partial charge in [-0.1, -0.05) is 39.3 Å². The number of benzene rings is 1. The van der Waals surface area contributed by atoms with Crippen molar-refractivity contribution in [3.63, 3.8) is 0 Å². The molecule has 6 nitrogen and oxygen atoms in total. The van der Waals surface area contributed by atoms with E-state index in [4.69, 9.17) is 5.14 Å².